The Labute approximate surface area is 120 Å². The number of carbonyl (C=O) groups is 1. The van der Waals surface area contributed by atoms with Crippen LogP contribution in [0.15, 0.2) is 18.2 Å². The zero-order valence-corrected chi connectivity index (χ0v) is 12.7. The van der Waals surface area contributed by atoms with Gasteiger partial charge in [0.05, 0.1) is 0 Å². The predicted octanol–water partition coefficient (Wildman–Crippen LogP) is 4.27. The fourth-order valence-corrected chi connectivity index (χ4v) is 1.54. The molecule has 1 rings (SSSR count). The van der Waals surface area contributed by atoms with E-state index >= 15 is 0 Å². The molecule has 0 aliphatic heterocycles. The lowest BCUT2D eigenvalue weighted by Crippen LogP contribution is -2.17. The molecule has 1 aromatic carbocycles. The van der Waals surface area contributed by atoms with Gasteiger partial charge >= 0.3 is 0 Å². The van der Waals surface area contributed by atoms with Crippen molar-refractivity contribution in [3.63, 3.8) is 0 Å². The molecular weight excluding hydrogens is 269 g/mol. The third-order valence-electron chi connectivity index (χ3n) is 2.21. The smallest absolute Gasteiger partial charge is 0.131 e. The van der Waals surface area contributed by atoms with Crippen molar-refractivity contribution < 1.29 is 4.79 Å². The lowest BCUT2D eigenvalue weighted by molar-refractivity contribution is -0.116. The SMILES string of the molecule is CCCNCCC(C)=O.Cc1ccc(Cl)cc1Cl. The summed E-state index contributed by atoms with van der Waals surface area (Å²) in [7, 11) is 0. The van der Waals surface area contributed by atoms with Crippen molar-refractivity contribution >= 4 is 29.0 Å². The minimum Gasteiger partial charge on any atom is -0.316 e. The molecule has 0 unspecified atom stereocenters. The van der Waals surface area contributed by atoms with E-state index in [-0.39, 0.29) is 5.78 Å². The Hall–Kier alpha value is -0.570. The lowest BCUT2D eigenvalue weighted by atomic mass is 10.2. The summed E-state index contributed by atoms with van der Waals surface area (Å²) in [5.74, 6) is 0.263. The average Bonchev–Trinajstić information content (AvgIpc) is 2.31. The van der Waals surface area contributed by atoms with Crippen molar-refractivity contribution in [3.05, 3.63) is 33.8 Å². The zero-order valence-electron chi connectivity index (χ0n) is 11.2. The molecule has 1 N–H and O–H groups in total. The van der Waals surface area contributed by atoms with Crippen LogP contribution in [-0.2, 0) is 4.79 Å². The molecule has 102 valence electrons. The Morgan fingerprint density at radius 3 is 2.39 bits per heavy atom. The van der Waals surface area contributed by atoms with Gasteiger partial charge in [0.25, 0.3) is 0 Å². The molecular formula is C14H21Cl2NO. The van der Waals surface area contributed by atoms with Crippen LogP contribution in [0.4, 0.5) is 0 Å². The van der Waals surface area contributed by atoms with Crippen LogP contribution in [0.2, 0.25) is 10.0 Å². The van der Waals surface area contributed by atoms with Crippen LogP contribution in [0.25, 0.3) is 0 Å². The Kier molecular flexibility index (Phi) is 10.0. The van der Waals surface area contributed by atoms with Crippen LogP contribution in [0.1, 0.15) is 32.3 Å². The number of Topliss-reactive ketones (excluding diaryl/α,β-unsaturated/α-hetero) is 1. The maximum atomic E-state index is 10.4. The van der Waals surface area contributed by atoms with Crippen LogP contribution in [0.3, 0.4) is 0 Å². The summed E-state index contributed by atoms with van der Waals surface area (Å²) in [6, 6.07) is 5.45. The first-order valence-electron chi connectivity index (χ1n) is 6.09. The standard InChI is InChI=1S/C7H6Cl2.C7H15NO/c1-5-2-3-6(8)4-7(5)9;1-3-5-8-6-4-7(2)9/h2-4H,1H3;8H,3-6H2,1-2H3. The first-order chi connectivity index (χ1) is 8.47. The van der Waals surface area contributed by atoms with Crippen LogP contribution < -0.4 is 5.32 Å². The van der Waals surface area contributed by atoms with Crippen molar-refractivity contribution in [2.75, 3.05) is 13.1 Å². The molecule has 0 saturated carbocycles. The number of hydrogen-bond acceptors (Lipinski definition) is 2. The number of hydrogen-bond donors (Lipinski definition) is 1. The Bertz CT molecular complexity index is 367. The molecule has 18 heavy (non-hydrogen) atoms. The van der Waals surface area contributed by atoms with Gasteiger partial charge in [-0.25, -0.2) is 0 Å². The average molecular weight is 290 g/mol. The number of halogens is 2. The third-order valence-corrected chi connectivity index (χ3v) is 2.86. The summed E-state index contributed by atoms with van der Waals surface area (Å²) in [6.45, 7) is 7.53. The van der Waals surface area contributed by atoms with E-state index in [1.54, 1.807) is 13.0 Å². The lowest BCUT2D eigenvalue weighted by Gasteiger charge is -1.97. The number of aryl methyl sites for hydroxylation is 1. The second-order valence-corrected chi connectivity index (χ2v) is 4.94. The number of rotatable bonds is 5. The van der Waals surface area contributed by atoms with Gasteiger partial charge in [-0.15, -0.1) is 0 Å². The van der Waals surface area contributed by atoms with E-state index in [1.807, 2.05) is 19.1 Å². The quantitative estimate of drug-likeness (QED) is 0.821. The van der Waals surface area contributed by atoms with Gasteiger partial charge in [0.1, 0.15) is 5.78 Å². The Morgan fingerprint density at radius 1 is 1.28 bits per heavy atom. The number of ketones is 1. The van der Waals surface area contributed by atoms with Gasteiger partial charge in [-0.1, -0.05) is 36.2 Å². The molecule has 0 amide bonds. The van der Waals surface area contributed by atoms with Gasteiger partial charge in [0, 0.05) is 23.0 Å². The summed E-state index contributed by atoms with van der Waals surface area (Å²) in [4.78, 5) is 10.4. The molecule has 0 heterocycles. The molecule has 2 nitrogen and oxygen atoms in total. The van der Waals surface area contributed by atoms with Gasteiger partial charge in [0.15, 0.2) is 0 Å². The first-order valence-corrected chi connectivity index (χ1v) is 6.84. The highest BCUT2D eigenvalue weighted by molar-refractivity contribution is 6.35. The molecule has 0 aliphatic rings. The maximum absolute atomic E-state index is 10.4. The number of benzene rings is 1. The summed E-state index contributed by atoms with van der Waals surface area (Å²) in [5, 5.41) is 4.56. The summed E-state index contributed by atoms with van der Waals surface area (Å²) < 4.78 is 0. The van der Waals surface area contributed by atoms with E-state index in [4.69, 9.17) is 23.2 Å². The number of carbonyl (C=O) groups excluding carboxylic acids is 1. The van der Waals surface area contributed by atoms with Crippen molar-refractivity contribution in [1.82, 2.24) is 5.32 Å². The highest BCUT2D eigenvalue weighted by atomic mass is 35.5. The van der Waals surface area contributed by atoms with Crippen LogP contribution >= 0.6 is 23.2 Å². The van der Waals surface area contributed by atoms with Crippen molar-refractivity contribution in [2.45, 2.75) is 33.6 Å². The summed E-state index contributed by atoms with van der Waals surface area (Å²) >= 11 is 11.4. The van der Waals surface area contributed by atoms with E-state index in [0.717, 1.165) is 30.1 Å². The highest BCUT2D eigenvalue weighted by Gasteiger charge is 1.92. The van der Waals surface area contributed by atoms with Crippen LogP contribution in [0, 0.1) is 6.92 Å². The Morgan fingerprint density at radius 2 is 1.94 bits per heavy atom. The largest absolute Gasteiger partial charge is 0.316 e. The fraction of sp³-hybridized carbons (Fsp3) is 0.500. The maximum Gasteiger partial charge on any atom is 0.131 e. The predicted molar refractivity (Wildman–Crippen MR) is 79.7 cm³/mol. The third kappa shape index (κ3) is 9.46. The van der Waals surface area contributed by atoms with E-state index in [2.05, 4.69) is 12.2 Å². The molecule has 0 radical (unpaired) electrons. The highest BCUT2D eigenvalue weighted by Crippen LogP contribution is 2.19. The molecule has 0 bridgehead atoms. The molecule has 1 aromatic rings. The minimum absolute atomic E-state index is 0.263. The van der Waals surface area contributed by atoms with Gasteiger partial charge < -0.3 is 5.32 Å². The molecule has 4 heteroatoms. The molecule has 0 spiro atoms. The van der Waals surface area contributed by atoms with E-state index < -0.39 is 0 Å². The molecule has 0 saturated heterocycles. The van der Waals surface area contributed by atoms with Crippen molar-refractivity contribution in [2.24, 2.45) is 0 Å². The van der Waals surface area contributed by atoms with E-state index in [0.29, 0.717) is 11.4 Å². The van der Waals surface area contributed by atoms with Gasteiger partial charge in [0.2, 0.25) is 0 Å². The number of nitrogens with one attached hydrogen (secondary N) is 1. The van der Waals surface area contributed by atoms with E-state index in [1.165, 1.54) is 0 Å². The molecule has 0 aliphatic carbocycles. The normalized spacial score (nSPS) is 9.61. The monoisotopic (exact) mass is 289 g/mol. The summed E-state index contributed by atoms with van der Waals surface area (Å²) in [6.07, 6.45) is 1.80. The van der Waals surface area contributed by atoms with Gasteiger partial charge in [-0.3, -0.25) is 4.79 Å². The van der Waals surface area contributed by atoms with E-state index in [9.17, 15) is 4.79 Å². The fourth-order valence-electron chi connectivity index (χ4n) is 1.13. The van der Waals surface area contributed by atoms with Gasteiger partial charge in [-0.2, -0.15) is 0 Å². The minimum atomic E-state index is 0.263. The van der Waals surface area contributed by atoms with Crippen LogP contribution in [-0.4, -0.2) is 18.9 Å². The summed E-state index contributed by atoms with van der Waals surface area (Å²) in [5.41, 5.74) is 1.06. The molecule has 0 fully saturated rings. The second kappa shape index (κ2) is 10.4. The first kappa shape index (κ1) is 17.4. The molecule has 0 aromatic heterocycles. The van der Waals surface area contributed by atoms with Gasteiger partial charge in [-0.05, 0) is 44.5 Å². The topological polar surface area (TPSA) is 29.1 Å². The second-order valence-electron chi connectivity index (χ2n) is 4.10. The molecule has 0 atom stereocenters. The zero-order chi connectivity index (χ0) is 14.0. The Balaban J connectivity index is 0.000000321. The van der Waals surface area contributed by atoms with Crippen molar-refractivity contribution in [3.8, 4) is 0 Å². The van der Waals surface area contributed by atoms with Crippen molar-refractivity contribution in [1.29, 1.82) is 0 Å². The van der Waals surface area contributed by atoms with Crippen LogP contribution in [0.5, 0.6) is 0 Å².